The fraction of sp³-hybridized carbons (Fsp3) is 0.533. The van der Waals surface area contributed by atoms with E-state index in [0.29, 0.717) is 24.1 Å². The number of halogens is 3. The van der Waals surface area contributed by atoms with Crippen LogP contribution in [-0.2, 0) is 0 Å². The lowest BCUT2D eigenvalue weighted by atomic mass is 9.85. The first-order valence-electron chi connectivity index (χ1n) is 6.95. The third-order valence-corrected chi connectivity index (χ3v) is 4.06. The normalized spacial score (nSPS) is 22.9. The second-order valence-electron chi connectivity index (χ2n) is 5.53. The van der Waals surface area contributed by atoms with Crippen molar-refractivity contribution in [3.8, 4) is 0 Å². The third-order valence-electron chi connectivity index (χ3n) is 4.06. The highest BCUT2D eigenvalue weighted by Crippen LogP contribution is 2.38. The van der Waals surface area contributed by atoms with Crippen molar-refractivity contribution >= 4 is 11.7 Å². The number of carbonyl (C=O) groups is 1. The minimum absolute atomic E-state index is 0.0419. The number of anilines is 1. The maximum absolute atomic E-state index is 12.8. The van der Waals surface area contributed by atoms with Crippen LogP contribution in [0.5, 0.6) is 0 Å². The number of nitrogens with one attached hydrogen (secondary N) is 1. The predicted molar refractivity (Wildman–Crippen MR) is 73.6 cm³/mol. The first kappa shape index (κ1) is 15.7. The number of carboxylic acid groups (broad SMARTS) is 1. The van der Waals surface area contributed by atoms with E-state index in [9.17, 15) is 18.0 Å². The van der Waals surface area contributed by atoms with Gasteiger partial charge in [0.05, 0.1) is 11.5 Å². The molecule has 116 valence electrons. The van der Waals surface area contributed by atoms with Crippen molar-refractivity contribution in [3.63, 3.8) is 0 Å². The Kier molecular flexibility index (Phi) is 4.44. The third kappa shape index (κ3) is 3.68. The Labute approximate surface area is 121 Å². The van der Waals surface area contributed by atoms with E-state index in [0.717, 1.165) is 0 Å². The Morgan fingerprint density at radius 2 is 2.05 bits per heavy atom. The quantitative estimate of drug-likeness (QED) is 0.878. The van der Waals surface area contributed by atoms with Crippen molar-refractivity contribution in [2.24, 2.45) is 5.92 Å². The second kappa shape index (κ2) is 5.95. The van der Waals surface area contributed by atoms with Crippen molar-refractivity contribution in [2.75, 3.05) is 5.32 Å². The van der Waals surface area contributed by atoms with Gasteiger partial charge in [-0.15, -0.1) is 0 Å². The molecule has 0 heterocycles. The topological polar surface area (TPSA) is 49.3 Å². The minimum Gasteiger partial charge on any atom is -0.478 e. The van der Waals surface area contributed by atoms with Gasteiger partial charge in [-0.25, -0.2) is 4.79 Å². The summed E-state index contributed by atoms with van der Waals surface area (Å²) in [7, 11) is 0. The average Bonchev–Trinajstić information content (AvgIpc) is 2.40. The Balaban J connectivity index is 2.12. The molecule has 0 aliphatic heterocycles. The number of aromatic carboxylic acids is 1. The van der Waals surface area contributed by atoms with Crippen LogP contribution in [-0.4, -0.2) is 23.3 Å². The molecular formula is C15H18F3NO2. The monoisotopic (exact) mass is 301 g/mol. The first-order valence-corrected chi connectivity index (χ1v) is 6.95. The van der Waals surface area contributed by atoms with E-state index in [1.54, 1.807) is 19.1 Å². The highest BCUT2D eigenvalue weighted by molar-refractivity contribution is 5.91. The van der Waals surface area contributed by atoms with Gasteiger partial charge < -0.3 is 10.4 Å². The number of alkyl halides is 3. The molecular weight excluding hydrogens is 283 g/mol. The number of rotatable bonds is 3. The van der Waals surface area contributed by atoms with Crippen molar-refractivity contribution < 1.29 is 23.1 Å². The van der Waals surface area contributed by atoms with Gasteiger partial charge in [0, 0.05) is 11.7 Å². The zero-order valence-corrected chi connectivity index (χ0v) is 11.7. The van der Waals surface area contributed by atoms with Crippen LogP contribution >= 0.6 is 0 Å². The molecule has 0 aromatic heterocycles. The lowest BCUT2D eigenvalue weighted by Crippen LogP contribution is -2.34. The summed E-state index contributed by atoms with van der Waals surface area (Å²) in [5.41, 5.74) is 1.32. The molecule has 0 bridgehead atoms. The summed E-state index contributed by atoms with van der Waals surface area (Å²) in [5.74, 6) is -2.31. The van der Waals surface area contributed by atoms with Gasteiger partial charge in [0.2, 0.25) is 0 Å². The lowest BCUT2D eigenvalue weighted by Gasteiger charge is -2.32. The van der Waals surface area contributed by atoms with Gasteiger partial charge >= 0.3 is 12.1 Å². The van der Waals surface area contributed by atoms with Gasteiger partial charge in [0.1, 0.15) is 0 Å². The Morgan fingerprint density at radius 1 is 1.33 bits per heavy atom. The van der Waals surface area contributed by atoms with Crippen LogP contribution in [0.4, 0.5) is 18.9 Å². The maximum atomic E-state index is 12.8. The van der Waals surface area contributed by atoms with Crippen LogP contribution in [0.2, 0.25) is 0 Å². The summed E-state index contributed by atoms with van der Waals surface area (Å²) < 4.78 is 38.4. The molecule has 1 aromatic rings. The SMILES string of the molecule is Cc1c(NC2CCCC(C(F)(F)F)C2)cccc1C(=O)O. The number of benzene rings is 1. The first-order chi connectivity index (χ1) is 9.79. The van der Waals surface area contributed by atoms with Crippen LogP contribution in [0.15, 0.2) is 18.2 Å². The fourth-order valence-corrected chi connectivity index (χ4v) is 2.86. The fourth-order valence-electron chi connectivity index (χ4n) is 2.86. The van der Waals surface area contributed by atoms with E-state index in [-0.39, 0.29) is 24.4 Å². The van der Waals surface area contributed by atoms with E-state index in [1.165, 1.54) is 6.07 Å². The summed E-state index contributed by atoms with van der Waals surface area (Å²) in [6.07, 6.45) is -2.74. The van der Waals surface area contributed by atoms with Crippen LogP contribution in [0, 0.1) is 12.8 Å². The summed E-state index contributed by atoms with van der Waals surface area (Å²) >= 11 is 0. The van der Waals surface area contributed by atoms with E-state index >= 15 is 0 Å². The molecule has 0 radical (unpaired) electrons. The molecule has 0 spiro atoms. The van der Waals surface area contributed by atoms with E-state index in [1.807, 2.05) is 0 Å². The van der Waals surface area contributed by atoms with Crippen LogP contribution < -0.4 is 5.32 Å². The molecule has 0 amide bonds. The van der Waals surface area contributed by atoms with Gasteiger partial charge in [0.15, 0.2) is 0 Å². The molecule has 1 aromatic carbocycles. The van der Waals surface area contributed by atoms with E-state index < -0.39 is 18.1 Å². The standard InChI is InChI=1S/C15H18F3NO2/c1-9-12(14(20)21)6-3-7-13(9)19-11-5-2-4-10(8-11)15(16,17)18/h3,6-7,10-11,19H,2,4-5,8H2,1H3,(H,20,21). The van der Waals surface area contributed by atoms with Gasteiger partial charge in [-0.1, -0.05) is 12.5 Å². The van der Waals surface area contributed by atoms with Gasteiger partial charge in [-0.05, 0) is 43.9 Å². The van der Waals surface area contributed by atoms with Gasteiger partial charge in [-0.3, -0.25) is 0 Å². The van der Waals surface area contributed by atoms with E-state index in [4.69, 9.17) is 5.11 Å². The second-order valence-corrected chi connectivity index (χ2v) is 5.53. The molecule has 1 aliphatic carbocycles. The number of hydrogen-bond donors (Lipinski definition) is 2. The summed E-state index contributed by atoms with van der Waals surface area (Å²) in [6.45, 7) is 1.66. The molecule has 6 heteroatoms. The molecule has 1 saturated carbocycles. The van der Waals surface area contributed by atoms with Crippen molar-refractivity contribution in [3.05, 3.63) is 29.3 Å². The molecule has 0 saturated heterocycles. The number of carboxylic acids is 1. The average molecular weight is 301 g/mol. The van der Waals surface area contributed by atoms with Crippen molar-refractivity contribution in [2.45, 2.75) is 44.8 Å². The summed E-state index contributed by atoms with van der Waals surface area (Å²) in [6, 6.07) is 4.53. The molecule has 3 nitrogen and oxygen atoms in total. The summed E-state index contributed by atoms with van der Waals surface area (Å²) in [4.78, 5) is 11.1. The van der Waals surface area contributed by atoms with Crippen LogP contribution in [0.25, 0.3) is 0 Å². The lowest BCUT2D eigenvalue weighted by molar-refractivity contribution is -0.182. The highest BCUT2D eigenvalue weighted by Gasteiger charge is 2.42. The van der Waals surface area contributed by atoms with Crippen molar-refractivity contribution in [1.82, 2.24) is 0 Å². The molecule has 2 atom stereocenters. The summed E-state index contributed by atoms with van der Waals surface area (Å²) in [5, 5.41) is 12.2. The zero-order chi connectivity index (χ0) is 15.6. The van der Waals surface area contributed by atoms with Gasteiger partial charge in [0.25, 0.3) is 0 Å². The number of hydrogen-bond acceptors (Lipinski definition) is 2. The molecule has 21 heavy (non-hydrogen) atoms. The largest absolute Gasteiger partial charge is 0.478 e. The highest BCUT2D eigenvalue weighted by atomic mass is 19.4. The zero-order valence-electron chi connectivity index (χ0n) is 11.7. The smallest absolute Gasteiger partial charge is 0.391 e. The molecule has 1 fully saturated rings. The molecule has 2 N–H and O–H groups in total. The predicted octanol–water partition coefficient (Wildman–Crippen LogP) is 4.23. The Hall–Kier alpha value is -1.72. The molecule has 2 rings (SSSR count). The molecule has 2 unspecified atom stereocenters. The Bertz CT molecular complexity index is 528. The van der Waals surface area contributed by atoms with Crippen LogP contribution in [0.3, 0.4) is 0 Å². The van der Waals surface area contributed by atoms with E-state index in [2.05, 4.69) is 5.32 Å². The minimum atomic E-state index is -4.15. The Morgan fingerprint density at radius 3 is 2.67 bits per heavy atom. The van der Waals surface area contributed by atoms with Gasteiger partial charge in [-0.2, -0.15) is 13.2 Å². The maximum Gasteiger partial charge on any atom is 0.391 e. The van der Waals surface area contributed by atoms with Crippen molar-refractivity contribution in [1.29, 1.82) is 0 Å². The van der Waals surface area contributed by atoms with Crippen LogP contribution in [0.1, 0.15) is 41.6 Å². The molecule has 1 aliphatic rings.